The van der Waals surface area contributed by atoms with E-state index in [-0.39, 0.29) is 31.5 Å². The van der Waals surface area contributed by atoms with E-state index in [9.17, 15) is 13.8 Å². The second-order valence-corrected chi connectivity index (χ2v) is 16.8. The maximum atomic E-state index is 11.8. The molecule has 3 saturated heterocycles. The van der Waals surface area contributed by atoms with Gasteiger partial charge in [-0.15, -0.1) is 21.0 Å². The molecule has 0 aromatic heterocycles. The summed E-state index contributed by atoms with van der Waals surface area (Å²) >= 11 is 0. The fourth-order valence-electron chi connectivity index (χ4n) is 4.96. The van der Waals surface area contributed by atoms with Gasteiger partial charge in [0.15, 0.2) is 0 Å². The molecule has 3 heterocycles. The molecule has 216 valence electrons. The Labute approximate surface area is 238 Å². The average Bonchev–Trinajstić information content (AvgIpc) is 3.75. The van der Waals surface area contributed by atoms with Gasteiger partial charge in [-0.25, -0.2) is 4.21 Å². The highest BCUT2D eigenvalue weighted by Crippen LogP contribution is 2.37. The van der Waals surface area contributed by atoms with Gasteiger partial charge < -0.3 is 14.7 Å². The molecule has 2 amide bonds. The number of hydrogen-bond acceptors (Lipinski definition) is 4. The molecule has 3 aliphatic heterocycles. The van der Waals surface area contributed by atoms with Gasteiger partial charge in [0.25, 0.3) is 5.24 Å². The maximum Gasteiger partial charge on any atom is 0.312 e. The number of hydrogen-bond donors (Lipinski definition) is 0. The topological polar surface area (TPSA) is 60.9 Å². The van der Waals surface area contributed by atoms with Crippen LogP contribution in [0.2, 0.25) is 0 Å². The van der Waals surface area contributed by atoms with Crippen LogP contribution in [0.4, 0.5) is 9.59 Å². The summed E-state index contributed by atoms with van der Waals surface area (Å²) in [6.07, 6.45) is 15.1. The van der Waals surface area contributed by atoms with Crippen LogP contribution in [0, 0.1) is 11.8 Å². The van der Waals surface area contributed by atoms with Gasteiger partial charge >= 0.3 is 5.24 Å². The van der Waals surface area contributed by atoms with E-state index in [0.29, 0.717) is 5.24 Å². The van der Waals surface area contributed by atoms with Crippen molar-refractivity contribution in [1.29, 1.82) is 0 Å². The molecule has 0 aromatic carbocycles. The van der Waals surface area contributed by atoms with Crippen LogP contribution in [-0.2, 0) is 10.8 Å². The van der Waals surface area contributed by atoms with Crippen molar-refractivity contribution in [2.45, 2.75) is 82.3 Å². The van der Waals surface area contributed by atoms with Gasteiger partial charge in [0.1, 0.15) is 10.8 Å². The van der Waals surface area contributed by atoms with Crippen LogP contribution in [0.25, 0.3) is 0 Å². The van der Waals surface area contributed by atoms with Crippen LogP contribution in [0.5, 0.6) is 0 Å². The number of likely N-dealkylation sites (tertiary alicyclic amines) is 3. The Morgan fingerprint density at radius 3 is 1.53 bits per heavy atom. The van der Waals surface area contributed by atoms with E-state index < -0.39 is 10.8 Å². The zero-order valence-electron chi connectivity index (χ0n) is 23.3. The third-order valence-corrected chi connectivity index (χ3v) is 13.4. The highest BCUT2D eigenvalue weighted by atomic mass is 32.2. The van der Waals surface area contributed by atoms with Crippen molar-refractivity contribution in [3.05, 3.63) is 11.6 Å². The second kappa shape index (κ2) is 14.6. The molecule has 0 spiro atoms. The molecule has 3 saturated carbocycles. The summed E-state index contributed by atoms with van der Waals surface area (Å²) < 4.78 is 11.3. The van der Waals surface area contributed by atoms with E-state index in [2.05, 4.69) is 23.2 Å². The third-order valence-electron chi connectivity index (χ3n) is 8.31. The lowest BCUT2D eigenvalue weighted by Crippen LogP contribution is -2.43. The normalized spacial score (nSPS) is 25.1. The Kier molecular flexibility index (Phi) is 11.6. The van der Waals surface area contributed by atoms with Crippen molar-refractivity contribution in [3.63, 3.8) is 0 Å². The van der Waals surface area contributed by atoms with Crippen LogP contribution >= 0.6 is 21.0 Å². The lowest BCUT2D eigenvalue weighted by Gasteiger charge is -2.29. The van der Waals surface area contributed by atoms with Crippen molar-refractivity contribution in [2.75, 3.05) is 50.8 Å². The molecule has 9 heteroatoms. The van der Waals surface area contributed by atoms with Gasteiger partial charge in [-0.05, 0) is 94.0 Å². The highest BCUT2D eigenvalue weighted by molar-refractivity contribution is 8.26. The highest BCUT2D eigenvalue weighted by Gasteiger charge is 2.36. The molecular weight excluding hydrogens is 535 g/mol. The molecule has 38 heavy (non-hydrogen) atoms. The molecule has 0 bridgehead atoms. The monoisotopic (exact) mass is 583 g/mol. The first-order valence-corrected chi connectivity index (χ1v) is 19.1. The lowest BCUT2D eigenvalue weighted by molar-refractivity contribution is 0.191. The molecular formula is C29H49N3O3S3. The van der Waals surface area contributed by atoms with E-state index in [0.717, 1.165) is 63.0 Å². The minimum Gasteiger partial charge on any atom is -0.367 e. The molecule has 0 radical (unpaired) electrons. The summed E-state index contributed by atoms with van der Waals surface area (Å²) in [6.45, 7) is 10.3. The Balaban J connectivity index is 0.000000134. The first-order chi connectivity index (χ1) is 18.3. The van der Waals surface area contributed by atoms with E-state index in [4.69, 9.17) is 0 Å². The molecule has 6 aliphatic rings. The smallest absolute Gasteiger partial charge is 0.312 e. The van der Waals surface area contributed by atoms with E-state index in [1.165, 1.54) is 81.7 Å². The minimum atomic E-state index is -1.20. The summed E-state index contributed by atoms with van der Waals surface area (Å²) in [7, 11) is -1.23. The van der Waals surface area contributed by atoms with Crippen LogP contribution in [0.3, 0.4) is 0 Å². The molecule has 6 rings (SSSR count). The summed E-state index contributed by atoms with van der Waals surface area (Å²) in [5.41, 5.74) is 0. The second-order valence-electron chi connectivity index (χ2n) is 11.7. The fourth-order valence-corrected chi connectivity index (χ4v) is 9.48. The molecule has 3 unspecified atom stereocenters. The van der Waals surface area contributed by atoms with E-state index >= 15 is 0 Å². The predicted molar refractivity (Wildman–Crippen MR) is 168 cm³/mol. The number of carbonyl (C=O) groups is 2. The minimum absolute atomic E-state index is 0.126. The van der Waals surface area contributed by atoms with Crippen LogP contribution in [0.15, 0.2) is 11.6 Å². The van der Waals surface area contributed by atoms with Crippen molar-refractivity contribution in [3.8, 4) is 0 Å². The van der Waals surface area contributed by atoms with Gasteiger partial charge in [0.2, 0.25) is 0 Å². The average molecular weight is 584 g/mol. The quantitative estimate of drug-likeness (QED) is 0.340. The summed E-state index contributed by atoms with van der Waals surface area (Å²) in [4.78, 5) is 29.2. The lowest BCUT2D eigenvalue weighted by atomic mass is 9.87. The van der Waals surface area contributed by atoms with Gasteiger partial charge in [0, 0.05) is 44.5 Å². The van der Waals surface area contributed by atoms with Crippen LogP contribution < -0.4 is 0 Å². The molecule has 0 N–H and O–H groups in total. The largest absolute Gasteiger partial charge is 0.367 e. The summed E-state index contributed by atoms with van der Waals surface area (Å²) in [5, 5.41) is 1.72. The van der Waals surface area contributed by atoms with Crippen molar-refractivity contribution in [1.82, 2.24) is 14.7 Å². The van der Waals surface area contributed by atoms with Gasteiger partial charge in [-0.1, -0.05) is 24.7 Å². The Bertz CT molecular complexity index is 911. The Hall–Kier alpha value is -0.930. The summed E-state index contributed by atoms with van der Waals surface area (Å²) in [6, 6.07) is 0. The Morgan fingerprint density at radius 2 is 1.08 bits per heavy atom. The zero-order chi connectivity index (χ0) is 27.1. The van der Waals surface area contributed by atoms with Gasteiger partial charge in [-0.3, -0.25) is 9.59 Å². The first-order valence-electron chi connectivity index (χ1n) is 14.8. The molecule has 6 fully saturated rings. The SMILES string of the molecule is C=C(N1CCCC1)S(=C)CC1CCC1.C=S(CC1CC1)C(=O)N1CCCC1.O=C(N1CCC1)S(=O)C1CC1. The van der Waals surface area contributed by atoms with Gasteiger partial charge in [-0.2, -0.15) is 0 Å². The zero-order valence-corrected chi connectivity index (χ0v) is 25.7. The van der Waals surface area contributed by atoms with Gasteiger partial charge in [0.05, 0.1) is 5.03 Å². The Morgan fingerprint density at radius 1 is 0.605 bits per heavy atom. The van der Waals surface area contributed by atoms with Crippen LogP contribution in [-0.4, -0.2) is 97.2 Å². The van der Waals surface area contributed by atoms with Crippen molar-refractivity contribution >= 4 is 54.0 Å². The number of amides is 2. The molecule has 6 nitrogen and oxygen atoms in total. The summed E-state index contributed by atoms with van der Waals surface area (Å²) in [5.74, 6) is 12.4. The molecule has 3 aliphatic carbocycles. The van der Waals surface area contributed by atoms with Crippen molar-refractivity contribution in [2.24, 2.45) is 11.8 Å². The molecule has 3 atom stereocenters. The molecule has 0 aromatic rings. The van der Waals surface area contributed by atoms with E-state index in [1.54, 1.807) is 4.90 Å². The third kappa shape index (κ3) is 9.05. The maximum absolute atomic E-state index is 11.8. The van der Waals surface area contributed by atoms with Crippen LogP contribution in [0.1, 0.15) is 77.0 Å². The van der Waals surface area contributed by atoms with E-state index in [1.807, 2.05) is 4.90 Å². The first kappa shape index (κ1) is 30.0. The van der Waals surface area contributed by atoms with Crippen molar-refractivity contribution < 1.29 is 13.8 Å². The number of rotatable bonds is 7. The number of nitrogens with zero attached hydrogens (tertiary/aromatic N) is 3. The number of carbonyl (C=O) groups excluding carboxylic acids is 2. The predicted octanol–water partition coefficient (Wildman–Crippen LogP) is 6.09. The standard InChI is InChI=1S/C12H21NS.C10H17NOS.C7H11NO2S/c1-11(13-8-3-4-9-13)14(2)10-12-6-5-7-12;1-13(8-9-4-5-9)10(12)11-6-2-3-7-11;9-7(8-4-1-5-8)11(10)6-2-3-6/h12H,1-10H2;9H,1-8H2;6H,1-5H2. The fraction of sp³-hybridized carbons (Fsp3) is 0.793.